The summed E-state index contributed by atoms with van der Waals surface area (Å²) in [5.41, 5.74) is 1.27. The highest BCUT2D eigenvalue weighted by Crippen LogP contribution is 2.53. The third-order valence-corrected chi connectivity index (χ3v) is 11.7. The van der Waals surface area contributed by atoms with Crippen molar-refractivity contribution in [2.24, 2.45) is 16.7 Å². The molecule has 0 spiro atoms. The average molecular weight is 685 g/mol. The molecule has 1 unspecified atom stereocenters. The molecule has 2 saturated heterocycles. The first-order valence-corrected chi connectivity index (χ1v) is 17.9. The molecule has 1 aromatic carbocycles. The Hall–Kier alpha value is -4.32. The molecule has 5 amide bonds. The van der Waals surface area contributed by atoms with Gasteiger partial charge in [-0.3, -0.25) is 34.2 Å². The van der Waals surface area contributed by atoms with Crippen LogP contribution < -0.4 is 20.3 Å². The molecule has 5 aliphatic rings. The minimum atomic E-state index is -0.986. The maximum absolute atomic E-state index is 13.2. The second-order valence-electron chi connectivity index (χ2n) is 16.4. The normalized spacial score (nSPS) is 26.3. The van der Waals surface area contributed by atoms with Gasteiger partial charge >= 0.3 is 0 Å². The summed E-state index contributed by atoms with van der Waals surface area (Å²) in [6.45, 7) is 11.7. The number of anilines is 1. The smallest absolute Gasteiger partial charge is 0.262 e. The Morgan fingerprint density at radius 3 is 2.32 bits per heavy atom. The van der Waals surface area contributed by atoms with Crippen molar-refractivity contribution in [3.8, 4) is 5.75 Å². The predicted octanol–water partition coefficient (Wildman–Crippen LogP) is 3.80. The number of fused-ring (bicyclic) bond motifs is 1. The van der Waals surface area contributed by atoms with Crippen LogP contribution in [0.3, 0.4) is 0 Å². The fraction of sp³-hybridized carbons (Fsp3) is 0.579. The molecule has 0 bridgehead atoms. The molecule has 1 atom stereocenters. The van der Waals surface area contributed by atoms with E-state index in [2.05, 4.69) is 60.2 Å². The molecule has 7 rings (SSSR count). The highest BCUT2D eigenvalue weighted by Gasteiger charge is 2.53. The predicted molar refractivity (Wildman–Crippen MR) is 186 cm³/mol. The molecule has 2 saturated carbocycles. The van der Waals surface area contributed by atoms with Crippen molar-refractivity contribution in [3.05, 3.63) is 53.2 Å². The van der Waals surface area contributed by atoms with E-state index in [0.29, 0.717) is 23.3 Å². The second kappa shape index (κ2) is 12.8. The summed E-state index contributed by atoms with van der Waals surface area (Å²) in [6.07, 6.45) is 6.92. The number of hydrogen-bond acceptors (Lipinski definition) is 9. The fourth-order valence-corrected chi connectivity index (χ4v) is 9.23. The van der Waals surface area contributed by atoms with Crippen molar-refractivity contribution in [2.75, 3.05) is 31.6 Å². The molecule has 12 nitrogen and oxygen atoms in total. The van der Waals surface area contributed by atoms with Crippen molar-refractivity contribution < 1.29 is 28.7 Å². The number of benzene rings is 1. The number of amides is 5. The van der Waals surface area contributed by atoms with Gasteiger partial charge in [-0.15, -0.1) is 0 Å². The standard InChI is InChI=1S/C38H48N6O6/c1-37(2)21-38(3,4)36(37)41-32(46)23-6-10-30(39-19-23)43-14-12-22(13-15-43)20-42(5)24-16-26(17-24)50-25-7-8-27-28(18-25)35(49)44(34(27)48)29-9-11-31(45)40-33(29)47/h6-8,10,18-19,22,24,26,29,36H,9,11-17,20-21H2,1-5H3,(H,41,46)(H,40,45,47)/t24-,26-,29?. The summed E-state index contributed by atoms with van der Waals surface area (Å²) in [5.74, 6) is -0.0999. The summed E-state index contributed by atoms with van der Waals surface area (Å²) in [6, 6.07) is 8.32. The molecule has 2 aromatic rings. The number of imide groups is 2. The average Bonchev–Trinajstić information content (AvgIpc) is 3.29. The second-order valence-corrected chi connectivity index (χ2v) is 16.4. The van der Waals surface area contributed by atoms with Crippen molar-refractivity contribution in [1.82, 2.24) is 25.4 Å². The number of rotatable bonds is 9. The van der Waals surface area contributed by atoms with Crippen LogP contribution in [-0.2, 0) is 9.59 Å². The minimum Gasteiger partial charge on any atom is -0.490 e. The molecule has 0 radical (unpaired) electrons. The lowest BCUT2D eigenvalue weighted by molar-refractivity contribution is -0.136. The van der Waals surface area contributed by atoms with Crippen molar-refractivity contribution in [3.63, 3.8) is 0 Å². The highest BCUT2D eigenvalue weighted by molar-refractivity contribution is 6.23. The van der Waals surface area contributed by atoms with Crippen molar-refractivity contribution in [2.45, 2.75) is 96.9 Å². The largest absolute Gasteiger partial charge is 0.490 e. The first-order chi connectivity index (χ1) is 23.7. The molecule has 2 N–H and O–H groups in total. The van der Waals surface area contributed by atoms with Gasteiger partial charge in [-0.05, 0) is 79.8 Å². The van der Waals surface area contributed by atoms with Gasteiger partial charge in [0.25, 0.3) is 17.7 Å². The van der Waals surface area contributed by atoms with Crippen LogP contribution in [0, 0.1) is 16.7 Å². The monoisotopic (exact) mass is 684 g/mol. The molecule has 4 fully saturated rings. The lowest BCUT2D eigenvalue weighted by Gasteiger charge is -2.57. The minimum absolute atomic E-state index is 0.0172. The Bertz CT molecular complexity index is 1690. The molecule has 3 aliphatic heterocycles. The van der Waals surface area contributed by atoms with Gasteiger partial charge in [-0.25, -0.2) is 4.98 Å². The number of nitrogens with zero attached hydrogens (tertiary/aromatic N) is 4. The Morgan fingerprint density at radius 2 is 1.68 bits per heavy atom. The molecule has 50 heavy (non-hydrogen) atoms. The maximum Gasteiger partial charge on any atom is 0.262 e. The summed E-state index contributed by atoms with van der Waals surface area (Å²) < 4.78 is 6.21. The van der Waals surface area contributed by atoms with Crippen LogP contribution >= 0.6 is 0 Å². The van der Waals surface area contributed by atoms with Crippen LogP contribution in [0.1, 0.15) is 104 Å². The van der Waals surface area contributed by atoms with Gasteiger partial charge in [0.05, 0.1) is 16.7 Å². The fourth-order valence-electron chi connectivity index (χ4n) is 9.23. The van der Waals surface area contributed by atoms with E-state index in [-0.39, 0.29) is 52.9 Å². The summed E-state index contributed by atoms with van der Waals surface area (Å²) in [7, 11) is 2.17. The topological polar surface area (TPSA) is 141 Å². The number of nitrogens with one attached hydrogen (secondary N) is 2. The number of carbonyl (C=O) groups is 5. The lowest BCUT2D eigenvalue weighted by atomic mass is 9.52. The van der Waals surface area contributed by atoms with Gasteiger partial charge in [0, 0.05) is 57.2 Å². The van der Waals surface area contributed by atoms with Crippen LogP contribution in [0.2, 0.25) is 0 Å². The maximum atomic E-state index is 13.2. The zero-order valence-electron chi connectivity index (χ0n) is 29.7. The number of carbonyl (C=O) groups excluding carboxylic acids is 5. The molecule has 4 heterocycles. The van der Waals surface area contributed by atoms with Gasteiger partial charge in [0.1, 0.15) is 23.7 Å². The molecular formula is C38H48N6O6. The third kappa shape index (κ3) is 6.38. The first-order valence-electron chi connectivity index (χ1n) is 17.9. The highest BCUT2D eigenvalue weighted by atomic mass is 16.5. The number of hydrogen-bond donors (Lipinski definition) is 2. The molecular weight excluding hydrogens is 636 g/mol. The summed E-state index contributed by atoms with van der Waals surface area (Å²) >= 11 is 0. The lowest BCUT2D eigenvalue weighted by Crippen LogP contribution is -2.63. The molecule has 2 aliphatic carbocycles. The first kappa shape index (κ1) is 34.1. The van der Waals surface area contributed by atoms with Gasteiger partial charge in [-0.1, -0.05) is 27.7 Å². The van der Waals surface area contributed by atoms with E-state index < -0.39 is 29.7 Å². The molecule has 266 valence electrons. The van der Waals surface area contributed by atoms with Crippen LogP contribution in [0.5, 0.6) is 5.75 Å². The SMILES string of the molecule is CN(CC1CCN(c2ccc(C(=O)NC3C(C)(C)CC3(C)C)cn2)CC1)[C@H]1C[C@H](Oc2ccc3c(c2)C(=O)N(C2CCC(=O)NC2=O)C3=O)C1. The van der Waals surface area contributed by atoms with E-state index in [9.17, 15) is 24.0 Å². The van der Waals surface area contributed by atoms with Crippen LogP contribution in [0.15, 0.2) is 36.5 Å². The van der Waals surface area contributed by atoms with Gasteiger partial charge < -0.3 is 19.9 Å². The van der Waals surface area contributed by atoms with E-state index in [1.54, 1.807) is 24.4 Å². The van der Waals surface area contributed by atoms with Crippen LogP contribution in [0.25, 0.3) is 0 Å². The summed E-state index contributed by atoms with van der Waals surface area (Å²) in [5, 5.41) is 5.47. The third-order valence-electron chi connectivity index (χ3n) is 11.7. The van der Waals surface area contributed by atoms with Crippen LogP contribution in [0.4, 0.5) is 5.82 Å². The molecule has 1 aromatic heterocycles. The number of piperidine rings is 2. The number of ether oxygens (including phenoxy) is 1. The van der Waals surface area contributed by atoms with E-state index in [1.165, 1.54) is 0 Å². The van der Waals surface area contributed by atoms with Gasteiger partial charge in [-0.2, -0.15) is 0 Å². The Morgan fingerprint density at radius 1 is 0.980 bits per heavy atom. The van der Waals surface area contributed by atoms with Gasteiger partial charge in [0.15, 0.2) is 0 Å². The number of pyridine rings is 1. The van der Waals surface area contributed by atoms with Crippen molar-refractivity contribution >= 4 is 35.4 Å². The van der Waals surface area contributed by atoms with E-state index >= 15 is 0 Å². The Labute approximate surface area is 293 Å². The zero-order valence-corrected chi connectivity index (χ0v) is 29.7. The van der Waals surface area contributed by atoms with Gasteiger partial charge in [0.2, 0.25) is 11.8 Å². The Kier molecular flexibility index (Phi) is 8.73. The van der Waals surface area contributed by atoms with E-state index in [4.69, 9.17) is 4.74 Å². The zero-order chi connectivity index (χ0) is 35.5. The van der Waals surface area contributed by atoms with Crippen molar-refractivity contribution in [1.29, 1.82) is 0 Å². The molecule has 12 heteroatoms. The summed E-state index contributed by atoms with van der Waals surface area (Å²) in [4.78, 5) is 73.4. The number of aromatic nitrogens is 1. The van der Waals surface area contributed by atoms with E-state index in [1.807, 2.05) is 12.1 Å². The Balaban J connectivity index is 0.847. The quantitative estimate of drug-likeness (QED) is 0.378. The van der Waals surface area contributed by atoms with Crippen LogP contribution in [-0.4, -0.2) is 95.2 Å². The van der Waals surface area contributed by atoms with E-state index in [0.717, 1.165) is 62.5 Å².